The van der Waals surface area contributed by atoms with E-state index in [4.69, 9.17) is 10.9 Å². The first-order chi connectivity index (χ1) is 9.32. The molecule has 1 aromatic rings. The van der Waals surface area contributed by atoms with Crippen LogP contribution >= 0.6 is 0 Å². The van der Waals surface area contributed by atoms with Crippen molar-refractivity contribution in [1.29, 1.82) is 0 Å². The van der Waals surface area contributed by atoms with Crippen LogP contribution in [0.15, 0.2) is 17.3 Å². The number of aromatic nitrogens is 1. The Hall–Kier alpha value is -2.03. The second-order valence-electron chi connectivity index (χ2n) is 4.44. The van der Waals surface area contributed by atoms with Crippen molar-refractivity contribution in [3.05, 3.63) is 23.4 Å². The van der Waals surface area contributed by atoms with Crippen LogP contribution < -0.4 is 10.6 Å². The number of pyridine rings is 1. The van der Waals surface area contributed by atoms with Crippen LogP contribution in [-0.4, -0.2) is 40.3 Å². The molecule has 1 saturated heterocycles. The van der Waals surface area contributed by atoms with E-state index in [1.165, 1.54) is 4.90 Å². The number of β-amino-alcohol motifs (C(OH)–C–C–N with tert-alkyl or cyclic N) is 1. The smallest absolute Gasteiger partial charge is 0.409 e. The van der Waals surface area contributed by atoms with Crippen LogP contribution in [0.1, 0.15) is 17.7 Å². The molecule has 9 heteroatoms. The van der Waals surface area contributed by atoms with E-state index in [9.17, 15) is 18.3 Å². The summed E-state index contributed by atoms with van der Waals surface area (Å²) >= 11 is 0. The van der Waals surface area contributed by atoms with Crippen LogP contribution in [-0.2, 0) is 6.18 Å². The van der Waals surface area contributed by atoms with Crippen molar-refractivity contribution in [3.63, 3.8) is 0 Å². The summed E-state index contributed by atoms with van der Waals surface area (Å²) in [7, 11) is 0. The molecule has 1 aliphatic heterocycles. The number of nitrogens with zero attached hydrogens (tertiary/aromatic N) is 3. The molecular formula is C11H13F3N4O2. The predicted molar refractivity (Wildman–Crippen MR) is 64.6 cm³/mol. The number of nitrogens with two attached hydrogens (primary N) is 1. The predicted octanol–water partition coefficient (Wildman–Crippen LogP) is 0.766. The lowest BCUT2D eigenvalue weighted by Crippen LogP contribution is -2.27. The zero-order chi connectivity index (χ0) is 14.9. The van der Waals surface area contributed by atoms with Crippen LogP contribution in [0.5, 0.6) is 0 Å². The molecule has 1 unspecified atom stereocenters. The molecule has 0 aliphatic carbocycles. The van der Waals surface area contributed by atoms with Gasteiger partial charge in [-0.3, -0.25) is 0 Å². The van der Waals surface area contributed by atoms with Crippen molar-refractivity contribution in [1.82, 2.24) is 4.98 Å². The molecule has 0 saturated carbocycles. The van der Waals surface area contributed by atoms with Gasteiger partial charge in [-0.15, -0.1) is 0 Å². The molecule has 1 aliphatic rings. The quantitative estimate of drug-likeness (QED) is 0.323. The molecule has 1 fully saturated rings. The molecular weight excluding hydrogens is 277 g/mol. The topological polar surface area (TPSA) is 95.0 Å². The van der Waals surface area contributed by atoms with Crippen molar-refractivity contribution < 1.29 is 23.5 Å². The summed E-state index contributed by atoms with van der Waals surface area (Å²) in [5.41, 5.74) is 4.47. The molecule has 0 spiro atoms. The minimum Gasteiger partial charge on any atom is -0.409 e. The van der Waals surface area contributed by atoms with Crippen molar-refractivity contribution >= 4 is 11.7 Å². The number of amidine groups is 1. The Bertz CT molecular complexity index is 533. The number of alkyl halides is 3. The standard InChI is InChI=1S/C11H13F3N4O2/c12-11(13,14)8-2-1-7(9(15)17-20)10(16-8)18-4-3-6(19)5-18/h1-2,6,19-20H,3-5H2,(H2,15,17). The van der Waals surface area contributed by atoms with Crippen LogP contribution in [0.25, 0.3) is 0 Å². The van der Waals surface area contributed by atoms with Gasteiger partial charge in [0.15, 0.2) is 5.84 Å². The van der Waals surface area contributed by atoms with E-state index in [0.29, 0.717) is 13.0 Å². The number of anilines is 1. The lowest BCUT2D eigenvalue weighted by molar-refractivity contribution is -0.141. The molecule has 6 nitrogen and oxygen atoms in total. The van der Waals surface area contributed by atoms with Crippen LogP contribution in [0.4, 0.5) is 19.0 Å². The van der Waals surface area contributed by atoms with E-state index in [0.717, 1.165) is 12.1 Å². The number of aliphatic hydroxyl groups is 1. The normalized spacial score (nSPS) is 20.5. The van der Waals surface area contributed by atoms with Gasteiger partial charge in [0.25, 0.3) is 0 Å². The fourth-order valence-corrected chi connectivity index (χ4v) is 2.04. The van der Waals surface area contributed by atoms with E-state index in [2.05, 4.69) is 10.1 Å². The molecule has 0 radical (unpaired) electrons. The third-order valence-corrected chi connectivity index (χ3v) is 3.01. The van der Waals surface area contributed by atoms with Gasteiger partial charge in [-0.1, -0.05) is 5.16 Å². The molecule has 1 aromatic heterocycles. The van der Waals surface area contributed by atoms with Gasteiger partial charge in [-0.05, 0) is 18.6 Å². The number of halogens is 3. The highest BCUT2D eigenvalue weighted by atomic mass is 19.4. The fourth-order valence-electron chi connectivity index (χ4n) is 2.04. The Morgan fingerprint density at radius 2 is 2.15 bits per heavy atom. The molecule has 1 atom stereocenters. The third-order valence-electron chi connectivity index (χ3n) is 3.01. The van der Waals surface area contributed by atoms with Crippen LogP contribution in [0.3, 0.4) is 0 Å². The first kappa shape index (κ1) is 14.4. The minimum absolute atomic E-state index is 0.0494. The maximum Gasteiger partial charge on any atom is 0.433 e. The summed E-state index contributed by atoms with van der Waals surface area (Å²) in [5.74, 6) is -0.380. The van der Waals surface area contributed by atoms with Gasteiger partial charge >= 0.3 is 6.18 Å². The Kier molecular flexibility index (Phi) is 3.71. The lowest BCUT2D eigenvalue weighted by atomic mass is 10.2. The SMILES string of the molecule is NC(=NO)c1ccc(C(F)(F)F)nc1N1CCC(O)C1. The monoisotopic (exact) mass is 290 g/mol. The first-order valence-electron chi connectivity index (χ1n) is 5.82. The molecule has 0 amide bonds. The molecule has 20 heavy (non-hydrogen) atoms. The van der Waals surface area contributed by atoms with Gasteiger partial charge < -0.3 is 20.9 Å². The Morgan fingerprint density at radius 1 is 1.45 bits per heavy atom. The van der Waals surface area contributed by atoms with E-state index >= 15 is 0 Å². The summed E-state index contributed by atoms with van der Waals surface area (Å²) in [6.45, 7) is 0.501. The molecule has 0 aromatic carbocycles. The molecule has 4 N–H and O–H groups in total. The zero-order valence-corrected chi connectivity index (χ0v) is 10.3. The Balaban J connectivity index is 2.48. The van der Waals surface area contributed by atoms with Crippen molar-refractivity contribution in [2.24, 2.45) is 10.9 Å². The van der Waals surface area contributed by atoms with E-state index in [-0.39, 0.29) is 23.8 Å². The van der Waals surface area contributed by atoms with E-state index in [1.54, 1.807) is 0 Å². The largest absolute Gasteiger partial charge is 0.433 e. The highest BCUT2D eigenvalue weighted by Crippen LogP contribution is 2.31. The van der Waals surface area contributed by atoms with Crippen LogP contribution in [0, 0.1) is 0 Å². The summed E-state index contributed by atoms with van der Waals surface area (Å²) in [6.07, 6.45) is -4.80. The number of rotatable bonds is 2. The average molecular weight is 290 g/mol. The maximum absolute atomic E-state index is 12.7. The van der Waals surface area contributed by atoms with Gasteiger partial charge in [0.05, 0.1) is 11.7 Å². The first-order valence-corrected chi connectivity index (χ1v) is 5.82. The van der Waals surface area contributed by atoms with E-state index < -0.39 is 18.0 Å². The second-order valence-corrected chi connectivity index (χ2v) is 4.44. The van der Waals surface area contributed by atoms with Gasteiger partial charge in [0.1, 0.15) is 11.5 Å². The number of aliphatic hydroxyl groups excluding tert-OH is 1. The highest BCUT2D eigenvalue weighted by molar-refractivity contribution is 6.01. The van der Waals surface area contributed by atoms with Crippen LogP contribution in [0.2, 0.25) is 0 Å². The van der Waals surface area contributed by atoms with E-state index in [1.807, 2.05) is 0 Å². The minimum atomic E-state index is -4.59. The number of oxime groups is 1. The number of hydrogen-bond acceptors (Lipinski definition) is 5. The molecule has 110 valence electrons. The summed E-state index contributed by atoms with van der Waals surface area (Å²) in [4.78, 5) is 5.03. The van der Waals surface area contributed by atoms with Gasteiger partial charge in [0, 0.05) is 13.1 Å². The number of hydrogen-bond donors (Lipinski definition) is 3. The van der Waals surface area contributed by atoms with Crippen molar-refractivity contribution in [2.75, 3.05) is 18.0 Å². The summed E-state index contributed by atoms with van der Waals surface area (Å²) < 4.78 is 38.1. The molecule has 0 bridgehead atoms. The molecule has 2 heterocycles. The van der Waals surface area contributed by atoms with Gasteiger partial charge in [-0.25, -0.2) is 4.98 Å². The maximum atomic E-state index is 12.7. The zero-order valence-electron chi connectivity index (χ0n) is 10.3. The summed E-state index contributed by atoms with van der Waals surface area (Å²) in [6, 6.07) is 1.87. The van der Waals surface area contributed by atoms with Gasteiger partial charge in [0.2, 0.25) is 0 Å². The Morgan fingerprint density at radius 3 is 2.65 bits per heavy atom. The second kappa shape index (κ2) is 5.16. The van der Waals surface area contributed by atoms with Crippen molar-refractivity contribution in [3.8, 4) is 0 Å². The highest BCUT2D eigenvalue weighted by Gasteiger charge is 2.34. The van der Waals surface area contributed by atoms with Gasteiger partial charge in [-0.2, -0.15) is 13.2 Å². The fraction of sp³-hybridized carbons (Fsp3) is 0.455. The third kappa shape index (κ3) is 2.77. The lowest BCUT2D eigenvalue weighted by Gasteiger charge is -2.21. The average Bonchev–Trinajstić information content (AvgIpc) is 2.82. The van der Waals surface area contributed by atoms with Crippen molar-refractivity contribution in [2.45, 2.75) is 18.7 Å². The summed E-state index contributed by atoms with van der Waals surface area (Å²) in [5, 5.41) is 20.9. The Labute approximate surface area is 112 Å². The molecule has 2 rings (SSSR count).